The van der Waals surface area contributed by atoms with Crippen molar-refractivity contribution in [3.63, 3.8) is 0 Å². The highest BCUT2D eigenvalue weighted by atomic mass is 16.3. The summed E-state index contributed by atoms with van der Waals surface area (Å²) in [5, 5.41) is 0. The van der Waals surface area contributed by atoms with Crippen LogP contribution in [-0.4, -0.2) is 0 Å². The van der Waals surface area contributed by atoms with Crippen LogP contribution in [0.3, 0.4) is 0 Å². The molecular formula is C10H13O. The smallest absolute Gasteiger partial charge is 0.107 e. The Bertz CT molecular complexity index is 213. The zero-order valence-corrected chi connectivity index (χ0v) is 6.84. The molecule has 0 saturated heterocycles. The summed E-state index contributed by atoms with van der Waals surface area (Å²) in [6.07, 6.45) is 5.66. The first-order valence-corrected chi connectivity index (χ1v) is 4.23. The molecule has 1 atom stereocenters. The molecule has 1 aliphatic rings. The maximum Gasteiger partial charge on any atom is 0.107 e. The average Bonchev–Trinajstić information content (AvgIpc) is 2.55. The molecular weight excluding hydrogens is 136 g/mol. The van der Waals surface area contributed by atoms with Crippen LogP contribution in [0.15, 0.2) is 22.8 Å². The van der Waals surface area contributed by atoms with Crippen molar-refractivity contribution in [1.29, 1.82) is 0 Å². The standard InChI is InChI=1S/C10H13O/c1-8-4-2-5-9(8)10-6-3-7-11-10/h3,6-7,9H,2,4-5H2,1H3. The average molecular weight is 149 g/mol. The van der Waals surface area contributed by atoms with E-state index in [4.69, 9.17) is 4.42 Å². The molecule has 0 aliphatic heterocycles. The van der Waals surface area contributed by atoms with Crippen molar-refractivity contribution in [2.45, 2.75) is 32.1 Å². The van der Waals surface area contributed by atoms with Crippen LogP contribution in [-0.2, 0) is 0 Å². The van der Waals surface area contributed by atoms with Gasteiger partial charge in [-0.2, -0.15) is 0 Å². The molecule has 1 nitrogen and oxygen atoms in total. The van der Waals surface area contributed by atoms with Crippen molar-refractivity contribution < 1.29 is 4.42 Å². The van der Waals surface area contributed by atoms with E-state index in [0.717, 1.165) is 5.76 Å². The molecule has 0 aromatic carbocycles. The molecule has 11 heavy (non-hydrogen) atoms. The molecule has 1 radical (unpaired) electrons. The highest BCUT2D eigenvalue weighted by Crippen LogP contribution is 2.40. The highest BCUT2D eigenvalue weighted by molar-refractivity contribution is 5.17. The van der Waals surface area contributed by atoms with Crippen LogP contribution in [0.2, 0.25) is 0 Å². The maximum absolute atomic E-state index is 5.37. The largest absolute Gasteiger partial charge is 0.469 e. The molecule has 1 aromatic heterocycles. The topological polar surface area (TPSA) is 13.1 Å². The lowest BCUT2D eigenvalue weighted by atomic mass is 9.96. The van der Waals surface area contributed by atoms with Gasteiger partial charge in [0.05, 0.1) is 6.26 Å². The van der Waals surface area contributed by atoms with Gasteiger partial charge in [-0.25, -0.2) is 0 Å². The number of hydrogen-bond acceptors (Lipinski definition) is 1. The molecule has 1 saturated carbocycles. The van der Waals surface area contributed by atoms with Gasteiger partial charge in [0.15, 0.2) is 0 Å². The van der Waals surface area contributed by atoms with Gasteiger partial charge in [0.25, 0.3) is 0 Å². The van der Waals surface area contributed by atoms with Gasteiger partial charge < -0.3 is 4.42 Å². The normalized spacial score (nSPS) is 26.1. The van der Waals surface area contributed by atoms with E-state index in [-0.39, 0.29) is 0 Å². The van der Waals surface area contributed by atoms with Crippen molar-refractivity contribution in [2.24, 2.45) is 0 Å². The van der Waals surface area contributed by atoms with Crippen LogP contribution in [0.25, 0.3) is 0 Å². The van der Waals surface area contributed by atoms with Crippen LogP contribution in [0, 0.1) is 5.92 Å². The zero-order valence-electron chi connectivity index (χ0n) is 6.84. The summed E-state index contributed by atoms with van der Waals surface area (Å²) in [4.78, 5) is 0. The molecule has 59 valence electrons. The van der Waals surface area contributed by atoms with Gasteiger partial charge >= 0.3 is 0 Å². The quantitative estimate of drug-likeness (QED) is 0.597. The summed E-state index contributed by atoms with van der Waals surface area (Å²) in [7, 11) is 0. The van der Waals surface area contributed by atoms with Crippen molar-refractivity contribution in [3.8, 4) is 0 Å². The molecule has 1 heterocycles. The van der Waals surface area contributed by atoms with Gasteiger partial charge in [-0.1, -0.05) is 13.3 Å². The number of hydrogen-bond donors (Lipinski definition) is 0. The van der Waals surface area contributed by atoms with Gasteiger partial charge in [0.2, 0.25) is 0 Å². The second-order valence-electron chi connectivity index (χ2n) is 3.31. The van der Waals surface area contributed by atoms with E-state index >= 15 is 0 Å². The summed E-state index contributed by atoms with van der Waals surface area (Å²) < 4.78 is 5.37. The Labute approximate surface area is 67.4 Å². The van der Waals surface area contributed by atoms with Crippen LogP contribution < -0.4 is 0 Å². The molecule has 0 N–H and O–H groups in total. The fourth-order valence-electron chi connectivity index (χ4n) is 1.88. The molecule has 1 unspecified atom stereocenters. The minimum absolute atomic E-state index is 0.616. The molecule has 1 fully saturated rings. The fraction of sp³-hybridized carbons (Fsp3) is 0.500. The Morgan fingerprint density at radius 2 is 2.45 bits per heavy atom. The van der Waals surface area contributed by atoms with Crippen molar-refractivity contribution in [1.82, 2.24) is 0 Å². The van der Waals surface area contributed by atoms with E-state index in [1.165, 1.54) is 19.3 Å². The molecule has 0 amide bonds. The van der Waals surface area contributed by atoms with E-state index in [1.54, 1.807) is 12.2 Å². The first-order chi connectivity index (χ1) is 5.38. The fourth-order valence-corrected chi connectivity index (χ4v) is 1.88. The van der Waals surface area contributed by atoms with E-state index < -0.39 is 0 Å². The lowest BCUT2D eigenvalue weighted by molar-refractivity contribution is 0.474. The van der Waals surface area contributed by atoms with Crippen molar-refractivity contribution in [3.05, 3.63) is 30.1 Å². The lowest BCUT2D eigenvalue weighted by Gasteiger charge is -2.10. The van der Waals surface area contributed by atoms with Gasteiger partial charge in [0.1, 0.15) is 5.76 Å². The summed E-state index contributed by atoms with van der Waals surface area (Å²) in [6, 6.07) is 4.06. The molecule has 1 aromatic rings. The first kappa shape index (κ1) is 6.96. The summed E-state index contributed by atoms with van der Waals surface area (Å²) in [5.41, 5.74) is 0. The minimum atomic E-state index is 0.616. The predicted molar refractivity (Wildman–Crippen MR) is 44.2 cm³/mol. The summed E-state index contributed by atoms with van der Waals surface area (Å²) in [5.74, 6) is 3.35. The van der Waals surface area contributed by atoms with E-state index in [9.17, 15) is 0 Å². The third-order valence-corrected chi connectivity index (χ3v) is 2.55. The van der Waals surface area contributed by atoms with Crippen molar-refractivity contribution in [2.75, 3.05) is 0 Å². The molecule has 0 spiro atoms. The number of furan rings is 1. The SMILES string of the molecule is C[C]1CCCC1c1ccco1. The molecule has 1 aliphatic carbocycles. The predicted octanol–water partition coefficient (Wildman–Crippen LogP) is 3.14. The highest BCUT2D eigenvalue weighted by Gasteiger charge is 2.26. The monoisotopic (exact) mass is 149 g/mol. The molecule has 0 bridgehead atoms. The van der Waals surface area contributed by atoms with Crippen LogP contribution in [0.5, 0.6) is 0 Å². The molecule has 2 rings (SSSR count). The summed E-state index contributed by atoms with van der Waals surface area (Å²) >= 11 is 0. The first-order valence-electron chi connectivity index (χ1n) is 4.23. The third kappa shape index (κ3) is 1.20. The molecule has 1 heteroatoms. The summed E-state index contributed by atoms with van der Waals surface area (Å²) in [6.45, 7) is 2.24. The van der Waals surface area contributed by atoms with Crippen LogP contribution in [0.4, 0.5) is 0 Å². The Morgan fingerprint density at radius 3 is 3.00 bits per heavy atom. The lowest BCUT2D eigenvalue weighted by Crippen LogP contribution is -1.97. The van der Waals surface area contributed by atoms with Gasteiger partial charge in [0, 0.05) is 5.92 Å². The second kappa shape index (κ2) is 2.72. The Hall–Kier alpha value is -0.720. The van der Waals surface area contributed by atoms with Gasteiger partial charge in [-0.15, -0.1) is 0 Å². The van der Waals surface area contributed by atoms with E-state index in [2.05, 4.69) is 13.0 Å². The Morgan fingerprint density at radius 1 is 1.55 bits per heavy atom. The van der Waals surface area contributed by atoms with Crippen LogP contribution in [0.1, 0.15) is 37.9 Å². The van der Waals surface area contributed by atoms with Gasteiger partial charge in [-0.3, -0.25) is 0 Å². The maximum atomic E-state index is 5.37. The second-order valence-corrected chi connectivity index (χ2v) is 3.31. The van der Waals surface area contributed by atoms with Crippen molar-refractivity contribution >= 4 is 0 Å². The zero-order chi connectivity index (χ0) is 7.68. The van der Waals surface area contributed by atoms with Crippen LogP contribution >= 0.6 is 0 Å². The van der Waals surface area contributed by atoms with E-state index in [1.807, 2.05) is 6.07 Å². The van der Waals surface area contributed by atoms with E-state index in [0.29, 0.717) is 5.92 Å². The third-order valence-electron chi connectivity index (χ3n) is 2.55. The number of rotatable bonds is 1. The Balaban J connectivity index is 2.16. The Kier molecular flexibility index (Phi) is 1.72. The minimum Gasteiger partial charge on any atom is -0.469 e. The van der Waals surface area contributed by atoms with Gasteiger partial charge in [-0.05, 0) is 30.9 Å².